The fraction of sp³-hybridized carbons (Fsp3) is 0. The summed E-state index contributed by atoms with van der Waals surface area (Å²) in [5, 5.41) is 8.78. The van der Waals surface area contributed by atoms with Crippen molar-refractivity contribution in [2.75, 3.05) is 0 Å². The number of rotatable bonds is 0. The summed E-state index contributed by atoms with van der Waals surface area (Å²) in [4.78, 5) is 4.70. The number of fused-ring (bicyclic) bond motifs is 9. The molecule has 0 aliphatic carbocycles. The minimum atomic E-state index is 1.01. The number of hydrogen-bond donors (Lipinski definition) is 0. The molecule has 2 heteroatoms. The van der Waals surface area contributed by atoms with Crippen molar-refractivity contribution in [1.29, 1.82) is 0 Å². The van der Waals surface area contributed by atoms with Crippen molar-refractivity contribution in [3.63, 3.8) is 0 Å². The lowest BCUT2D eigenvalue weighted by Crippen LogP contribution is -1.92. The van der Waals surface area contributed by atoms with Gasteiger partial charge in [-0.25, -0.2) is 4.98 Å². The van der Waals surface area contributed by atoms with Gasteiger partial charge in [-0.3, -0.25) is 4.40 Å². The first-order valence-corrected chi connectivity index (χ1v) is 8.49. The molecule has 0 bridgehead atoms. The first kappa shape index (κ1) is 13.0. The maximum absolute atomic E-state index is 4.70. The van der Waals surface area contributed by atoms with E-state index >= 15 is 0 Å². The lowest BCUT2D eigenvalue weighted by atomic mass is 10.0. The molecule has 0 aliphatic heterocycles. The molecule has 3 heterocycles. The smallest absolute Gasteiger partial charge is 0.145 e. The first-order valence-electron chi connectivity index (χ1n) is 8.49. The zero-order valence-corrected chi connectivity index (χ0v) is 13.5. The van der Waals surface area contributed by atoms with Gasteiger partial charge in [0, 0.05) is 33.9 Å². The highest BCUT2D eigenvalue weighted by atomic mass is 15.0. The Hall–Kier alpha value is -3.39. The van der Waals surface area contributed by atoms with Gasteiger partial charge in [0.25, 0.3) is 0 Å². The Morgan fingerprint density at radius 3 is 2.12 bits per heavy atom. The molecular weight excluding hydrogens is 304 g/mol. The van der Waals surface area contributed by atoms with E-state index in [1.165, 1.54) is 43.2 Å². The molecule has 0 fully saturated rings. The molecule has 0 saturated heterocycles. The molecule has 0 atom stereocenters. The van der Waals surface area contributed by atoms with E-state index < -0.39 is 0 Å². The van der Waals surface area contributed by atoms with Crippen molar-refractivity contribution >= 4 is 48.9 Å². The van der Waals surface area contributed by atoms with E-state index in [2.05, 4.69) is 77.3 Å². The number of pyridine rings is 2. The van der Waals surface area contributed by atoms with Crippen LogP contribution >= 0.6 is 0 Å². The van der Waals surface area contributed by atoms with Crippen molar-refractivity contribution in [1.82, 2.24) is 9.38 Å². The summed E-state index contributed by atoms with van der Waals surface area (Å²) in [6.45, 7) is 0. The molecule has 0 saturated carbocycles. The fourth-order valence-corrected chi connectivity index (χ4v) is 4.06. The Bertz CT molecular complexity index is 1440. The topological polar surface area (TPSA) is 17.3 Å². The average molecular weight is 318 g/mol. The van der Waals surface area contributed by atoms with Crippen molar-refractivity contribution in [2.24, 2.45) is 0 Å². The van der Waals surface area contributed by atoms with Crippen LogP contribution in [0.4, 0.5) is 0 Å². The molecule has 0 radical (unpaired) electrons. The number of benzene rings is 3. The van der Waals surface area contributed by atoms with Crippen LogP contribution in [0.25, 0.3) is 48.9 Å². The van der Waals surface area contributed by atoms with Crippen LogP contribution in [0.1, 0.15) is 0 Å². The summed E-state index contributed by atoms with van der Waals surface area (Å²) in [6, 6.07) is 25.9. The van der Waals surface area contributed by atoms with E-state index in [-0.39, 0.29) is 0 Å². The van der Waals surface area contributed by atoms with E-state index in [1.54, 1.807) is 0 Å². The van der Waals surface area contributed by atoms with Gasteiger partial charge in [0.05, 0.1) is 5.52 Å². The molecule has 25 heavy (non-hydrogen) atoms. The minimum Gasteiger partial charge on any atom is -0.299 e. The molecular formula is C23H14N2. The third kappa shape index (κ3) is 1.66. The van der Waals surface area contributed by atoms with Gasteiger partial charge in [-0.2, -0.15) is 0 Å². The van der Waals surface area contributed by atoms with Crippen molar-refractivity contribution in [3.8, 4) is 0 Å². The third-order valence-corrected chi connectivity index (χ3v) is 5.17. The summed E-state index contributed by atoms with van der Waals surface area (Å²) in [7, 11) is 0. The Morgan fingerprint density at radius 1 is 0.600 bits per heavy atom. The maximum atomic E-state index is 4.70. The predicted molar refractivity (Wildman–Crippen MR) is 105 cm³/mol. The van der Waals surface area contributed by atoms with Crippen LogP contribution in [-0.2, 0) is 0 Å². The van der Waals surface area contributed by atoms with Crippen LogP contribution in [0.3, 0.4) is 0 Å². The summed E-state index contributed by atoms with van der Waals surface area (Å²) in [5.41, 5.74) is 2.25. The molecule has 6 rings (SSSR count). The zero-order valence-electron chi connectivity index (χ0n) is 13.5. The third-order valence-electron chi connectivity index (χ3n) is 5.17. The molecule has 0 unspecified atom stereocenters. The summed E-state index contributed by atoms with van der Waals surface area (Å²) < 4.78 is 2.25. The molecule has 0 N–H and O–H groups in total. The fourth-order valence-electron chi connectivity index (χ4n) is 4.06. The summed E-state index contributed by atoms with van der Waals surface area (Å²) in [5.74, 6) is 0. The highest BCUT2D eigenvalue weighted by molar-refractivity contribution is 6.21. The predicted octanol–water partition coefficient (Wildman–Crippen LogP) is 5.95. The van der Waals surface area contributed by atoms with Crippen LogP contribution in [0.15, 0.2) is 85.2 Å². The minimum absolute atomic E-state index is 1.01. The van der Waals surface area contributed by atoms with E-state index in [4.69, 9.17) is 4.98 Å². The highest BCUT2D eigenvalue weighted by Gasteiger charge is 2.13. The van der Waals surface area contributed by atoms with Gasteiger partial charge in [-0.1, -0.05) is 48.5 Å². The molecule has 0 spiro atoms. The Balaban J connectivity index is 2.03. The maximum Gasteiger partial charge on any atom is 0.145 e. The Kier molecular flexibility index (Phi) is 2.37. The first-order chi connectivity index (χ1) is 12.4. The molecule has 6 aromatic rings. The van der Waals surface area contributed by atoms with Gasteiger partial charge in [-0.15, -0.1) is 0 Å². The summed E-state index contributed by atoms with van der Waals surface area (Å²) in [6.07, 6.45) is 4.08. The standard InChI is InChI=1S/C23H14N2/c1-2-7-16-13-21-20(12-15(16)6-1)19-10-5-11-24-23(19)25-14-17-8-3-4-9-18(17)22(21)25/h1-14H. The van der Waals surface area contributed by atoms with E-state index in [0.717, 1.165) is 5.65 Å². The zero-order chi connectivity index (χ0) is 16.4. The normalized spacial score (nSPS) is 12.0. The van der Waals surface area contributed by atoms with Gasteiger partial charge in [0.2, 0.25) is 0 Å². The van der Waals surface area contributed by atoms with E-state index in [9.17, 15) is 0 Å². The Labute approximate surface area is 143 Å². The van der Waals surface area contributed by atoms with Crippen molar-refractivity contribution < 1.29 is 0 Å². The lowest BCUT2D eigenvalue weighted by Gasteiger charge is -2.10. The molecule has 0 aliphatic rings. The molecule has 3 aromatic carbocycles. The van der Waals surface area contributed by atoms with Gasteiger partial charge in [0.1, 0.15) is 5.65 Å². The number of hydrogen-bond acceptors (Lipinski definition) is 1. The van der Waals surface area contributed by atoms with Crippen molar-refractivity contribution in [2.45, 2.75) is 0 Å². The molecule has 116 valence electrons. The highest BCUT2D eigenvalue weighted by Crippen LogP contribution is 2.36. The van der Waals surface area contributed by atoms with Gasteiger partial charge in [0.15, 0.2) is 0 Å². The quantitative estimate of drug-likeness (QED) is 0.250. The second-order valence-corrected chi connectivity index (χ2v) is 6.55. The summed E-state index contributed by atoms with van der Waals surface area (Å²) >= 11 is 0. The SMILES string of the molecule is c1ccc2cc3c(cc2c1)c1cccnc1n1cc2ccccc2c31. The van der Waals surface area contributed by atoms with Crippen LogP contribution < -0.4 is 0 Å². The van der Waals surface area contributed by atoms with Gasteiger partial charge >= 0.3 is 0 Å². The van der Waals surface area contributed by atoms with Crippen LogP contribution in [0, 0.1) is 0 Å². The second kappa shape index (κ2) is 4.58. The monoisotopic (exact) mass is 318 g/mol. The van der Waals surface area contributed by atoms with Gasteiger partial charge < -0.3 is 0 Å². The van der Waals surface area contributed by atoms with Crippen LogP contribution in [-0.4, -0.2) is 9.38 Å². The van der Waals surface area contributed by atoms with Gasteiger partial charge in [-0.05, 0) is 40.4 Å². The molecule has 2 nitrogen and oxygen atoms in total. The largest absolute Gasteiger partial charge is 0.299 e. The number of nitrogens with zero attached hydrogens (tertiary/aromatic N) is 2. The van der Waals surface area contributed by atoms with Crippen LogP contribution in [0.2, 0.25) is 0 Å². The van der Waals surface area contributed by atoms with Crippen molar-refractivity contribution in [3.05, 3.63) is 85.2 Å². The average Bonchev–Trinajstić information content (AvgIpc) is 3.07. The van der Waals surface area contributed by atoms with E-state index in [1.807, 2.05) is 12.3 Å². The lowest BCUT2D eigenvalue weighted by molar-refractivity contribution is 1.21. The molecule has 3 aromatic heterocycles. The van der Waals surface area contributed by atoms with E-state index in [0.29, 0.717) is 0 Å². The van der Waals surface area contributed by atoms with Crippen LogP contribution in [0.5, 0.6) is 0 Å². The second-order valence-electron chi connectivity index (χ2n) is 6.55. The molecule has 0 amide bonds. The number of aromatic nitrogens is 2. The Morgan fingerprint density at radius 2 is 1.28 bits per heavy atom.